The van der Waals surface area contributed by atoms with Crippen LogP contribution in [0.25, 0.3) is 0 Å². The van der Waals surface area contributed by atoms with Gasteiger partial charge in [0.05, 0.1) is 11.6 Å². The van der Waals surface area contributed by atoms with Gasteiger partial charge in [0.1, 0.15) is 5.69 Å². The van der Waals surface area contributed by atoms with Crippen molar-refractivity contribution in [2.24, 2.45) is 5.73 Å². The van der Waals surface area contributed by atoms with Crippen molar-refractivity contribution in [1.29, 1.82) is 0 Å². The molecule has 1 saturated carbocycles. The third kappa shape index (κ3) is 4.00. The highest BCUT2D eigenvalue weighted by atomic mass is 32.1. The molecule has 6 heteroatoms. The van der Waals surface area contributed by atoms with Crippen LogP contribution in [0.5, 0.6) is 0 Å². The van der Waals surface area contributed by atoms with E-state index in [0.29, 0.717) is 12.1 Å². The maximum Gasteiger partial charge on any atom is 0.274 e. The molecule has 126 valence electrons. The van der Waals surface area contributed by atoms with Crippen molar-refractivity contribution in [1.82, 2.24) is 9.88 Å². The number of hydrogen-bond acceptors (Lipinski definition) is 4. The Hall–Kier alpha value is -2.21. The molecule has 1 aliphatic carbocycles. The highest BCUT2D eigenvalue weighted by Gasteiger charge is 2.29. The molecule has 3 rings (SSSR count). The molecule has 2 aromatic rings. The van der Waals surface area contributed by atoms with Gasteiger partial charge in [0, 0.05) is 17.8 Å². The van der Waals surface area contributed by atoms with Crippen molar-refractivity contribution in [3.8, 4) is 0 Å². The summed E-state index contributed by atoms with van der Waals surface area (Å²) in [4.78, 5) is 30.2. The monoisotopic (exact) mass is 343 g/mol. The second-order valence-electron chi connectivity index (χ2n) is 6.13. The molecule has 2 N–H and O–H groups in total. The first-order valence-corrected chi connectivity index (χ1v) is 9.09. The van der Waals surface area contributed by atoms with Gasteiger partial charge in [-0.05, 0) is 18.4 Å². The first-order chi connectivity index (χ1) is 11.6. The van der Waals surface area contributed by atoms with Gasteiger partial charge in [-0.3, -0.25) is 9.59 Å². The van der Waals surface area contributed by atoms with Crippen LogP contribution >= 0.6 is 11.3 Å². The average Bonchev–Trinajstić information content (AvgIpc) is 3.24. The van der Waals surface area contributed by atoms with E-state index in [-0.39, 0.29) is 18.5 Å². The minimum atomic E-state index is -0.477. The fourth-order valence-electron chi connectivity index (χ4n) is 3.16. The molecule has 24 heavy (non-hydrogen) atoms. The summed E-state index contributed by atoms with van der Waals surface area (Å²) in [6.45, 7) is -0.0327. The molecule has 0 atom stereocenters. The third-order valence-corrected chi connectivity index (χ3v) is 5.17. The predicted molar refractivity (Wildman–Crippen MR) is 93.8 cm³/mol. The molecule has 0 bridgehead atoms. The summed E-state index contributed by atoms with van der Waals surface area (Å²) in [7, 11) is 0. The van der Waals surface area contributed by atoms with Crippen molar-refractivity contribution >= 4 is 23.2 Å². The standard InChI is InChI=1S/C18H21N3O2S/c19-16(22)11-21(14-8-4-5-9-14)18(23)15-12-24-17(20-15)10-13-6-2-1-3-7-13/h1-3,6-7,12,14H,4-5,8-11H2,(H2,19,22). The molecular formula is C18H21N3O2S. The molecular weight excluding hydrogens is 322 g/mol. The number of aromatic nitrogens is 1. The van der Waals surface area contributed by atoms with Crippen LogP contribution in [-0.4, -0.2) is 34.3 Å². The molecule has 1 aromatic carbocycles. The van der Waals surface area contributed by atoms with Gasteiger partial charge in [0.2, 0.25) is 5.91 Å². The first kappa shape index (κ1) is 16.6. The first-order valence-electron chi connectivity index (χ1n) is 8.21. The average molecular weight is 343 g/mol. The SMILES string of the molecule is NC(=O)CN(C(=O)c1csc(Cc2ccccc2)n1)C1CCCC1. The van der Waals surface area contributed by atoms with Crippen LogP contribution < -0.4 is 5.73 Å². The number of nitrogens with two attached hydrogens (primary N) is 1. The van der Waals surface area contributed by atoms with Crippen LogP contribution in [-0.2, 0) is 11.2 Å². The van der Waals surface area contributed by atoms with Gasteiger partial charge in [0.25, 0.3) is 5.91 Å². The van der Waals surface area contributed by atoms with E-state index in [1.807, 2.05) is 30.3 Å². The van der Waals surface area contributed by atoms with Crippen LogP contribution in [0.3, 0.4) is 0 Å². The number of rotatable bonds is 6. The summed E-state index contributed by atoms with van der Waals surface area (Å²) in [5, 5.41) is 2.68. The predicted octanol–water partition coefficient (Wildman–Crippen LogP) is 2.60. The lowest BCUT2D eigenvalue weighted by Crippen LogP contribution is -2.44. The second-order valence-corrected chi connectivity index (χ2v) is 7.07. The van der Waals surface area contributed by atoms with Gasteiger partial charge in [-0.1, -0.05) is 43.2 Å². The maximum atomic E-state index is 12.8. The highest BCUT2D eigenvalue weighted by molar-refractivity contribution is 7.09. The lowest BCUT2D eigenvalue weighted by Gasteiger charge is -2.27. The Kier molecular flexibility index (Phi) is 5.25. The summed E-state index contributed by atoms with van der Waals surface area (Å²) < 4.78 is 0. The molecule has 1 fully saturated rings. The quantitative estimate of drug-likeness (QED) is 0.876. The molecule has 1 aliphatic rings. The van der Waals surface area contributed by atoms with Crippen LogP contribution in [0.15, 0.2) is 35.7 Å². The van der Waals surface area contributed by atoms with Gasteiger partial charge < -0.3 is 10.6 Å². The molecule has 5 nitrogen and oxygen atoms in total. The van der Waals surface area contributed by atoms with E-state index in [9.17, 15) is 9.59 Å². The minimum Gasteiger partial charge on any atom is -0.368 e. The Morgan fingerprint density at radius 3 is 2.58 bits per heavy atom. The lowest BCUT2D eigenvalue weighted by molar-refractivity contribution is -0.119. The lowest BCUT2D eigenvalue weighted by atomic mass is 10.2. The van der Waals surface area contributed by atoms with Crippen molar-refractivity contribution in [3.63, 3.8) is 0 Å². The van der Waals surface area contributed by atoms with Crippen molar-refractivity contribution < 1.29 is 9.59 Å². The van der Waals surface area contributed by atoms with Gasteiger partial charge in [-0.2, -0.15) is 0 Å². The number of hydrogen-bond donors (Lipinski definition) is 1. The Morgan fingerprint density at radius 1 is 1.21 bits per heavy atom. The number of primary amides is 1. The number of carbonyl (C=O) groups excluding carboxylic acids is 2. The van der Waals surface area contributed by atoms with E-state index in [4.69, 9.17) is 5.73 Å². The molecule has 0 unspecified atom stereocenters. The van der Waals surface area contributed by atoms with E-state index in [1.165, 1.54) is 11.3 Å². The molecule has 0 aliphatic heterocycles. The summed E-state index contributed by atoms with van der Waals surface area (Å²) in [5.74, 6) is -0.661. The number of nitrogens with zero attached hydrogens (tertiary/aromatic N) is 2. The Labute approximate surface area is 145 Å². The van der Waals surface area contributed by atoms with Gasteiger partial charge >= 0.3 is 0 Å². The number of amides is 2. The van der Waals surface area contributed by atoms with E-state index in [1.54, 1.807) is 10.3 Å². The van der Waals surface area contributed by atoms with E-state index >= 15 is 0 Å². The molecule has 1 aromatic heterocycles. The fourth-order valence-corrected chi connectivity index (χ4v) is 3.96. The smallest absolute Gasteiger partial charge is 0.274 e. The Morgan fingerprint density at radius 2 is 1.92 bits per heavy atom. The van der Waals surface area contributed by atoms with E-state index in [0.717, 1.165) is 36.3 Å². The summed E-state index contributed by atoms with van der Waals surface area (Å²) >= 11 is 1.48. The molecule has 1 heterocycles. The zero-order valence-electron chi connectivity index (χ0n) is 13.5. The molecule has 0 spiro atoms. The number of benzene rings is 1. The largest absolute Gasteiger partial charge is 0.368 e. The summed E-state index contributed by atoms with van der Waals surface area (Å²) in [5.41, 5.74) is 6.91. The molecule has 0 radical (unpaired) electrons. The van der Waals surface area contributed by atoms with Crippen molar-refractivity contribution in [2.75, 3.05) is 6.54 Å². The van der Waals surface area contributed by atoms with Crippen molar-refractivity contribution in [3.05, 3.63) is 52.0 Å². The van der Waals surface area contributed by atoms with Crippen molar-refractivity contribution in [2.45, 2.75) is 38.1 Å². The minimum absolute atomic E-state index is 0.0327. The Balaban J connectivity index is 1.74. The zero-order chi connectivity index (χ0) is 16.9. The molecule has 0 saturated heterocycles. The summed E-state index contributed by atoms with van der Waals surface area (Å²) in [6, 6.07) is 10.1. The van der Waals surface area contributed by atoms with Gasteiger partial charge in [0.15, 0.2) is 0 Å². The fraction of sp³-hybridized carbons (Fsp3) is 0.389. The maximum absolute atomic E-state index is 12.8. The van der Waals surface area contributed by atoms with Crippen LogP contribution in [0.4, 0.5) is 0 Å². The number of carbonyl (C=O) groups is 2. The highest BCUT2D eigenvalue weighted by Crippen LogP contribution is 2.25. The summed E-state index contributed by atoms with van der Waals surface area (Å²) in [6.07, 6.45) is 4.74. The van der Waals surface area contributed by atoms with E-state index in [2.05, 4.69) is 4.98 Å². The van der Waals surface area contributed by atoms with Crippen LogP contribution in [0.2, 0.25) is 0 Å². The van der Waals surface area contributed by atoms with Crippen LogP contribution in [0.1, 0.15) is 46.7 Å². The second kappa shape index (κ2) is 7.57. The topological polar surface area (TPSA) is 76.3 Å². The normalized spacial score (nSPS) is 14.7. The van der Waals surface area contributed by atoms with Crippen LogP contribution in [0, 0.1) is 0 Å². The van der Waals surface area contributed by atoms with Gasteiger partial charge in [-0.15, -0.1) is 11.3 Å². The molecule has 2 amide bonds. The zero-order valence-corrected chi connectivity index (χ0v) is 14.3. The Bertz CT molecular complexity index is 708. The van der Waals surface area contributed by atoms with Gasteiger partial charge in [-0.25, -0.2) is 4.98 Å². The number of thiazole rings is 1. The third-order valence-electron chi connectivity index (χ3n) is 4.32. The van der Waals surface area contributed by atoms with E-state index < -0.39 is 5.91 Å².